The molecule has 3 nitrogen and oxygen atoms in total. The maximum atomic E-state index is 5.42. The summed E-state index contributed by atoms with van der Waals surface area (Å²) in [6.07, 6.45) is 4.74. The smallest absolute Gasteiger partial charge is 0.0700 e. The van der Waals surface area contributed by atoms with Crippen molar-refractivity contribution in [3.63, 3.8) is 0 Å². The summed E-state index contributed by atoms with van der Waals surface area (Å²) in [5, 5.41) is 3.13. The first kappa shape index (κ1) is 13.9. The van der Waals surface area contributed by atoms with Gasteiger partial charge < -0.3 is 14.8 Å². The van der Waals surface area contributed by atoms with Gasteiger partial charge in [0.15, 0.2) is 0 Å². The molecule has 0 aromatic heterocycles. The molecule has 14 heavy (non-hydrogen) atoms. The summed E-state index contributed by atoms with van der Waals surface area (Å²) in [6, 6.07) is 0. The molecule has 1 N–H and O–H groups in total. The number of hydrogen-bond acceptors (Lipinski definition) is 3. The van der Waals surface area contributed by atoms with Gasteiger partial charge in [0.1, 0.15) is 0 Å². The van der Waals surface area contributed by atoms with E-state index in [-0.39, 0.29) is 0 Å². The molecule has 0 unspecified atom stereocenters. The SMILES string of the molecule is CCCOCCOCCCCCNC. The lowest BCUT2D eigenvalue weighted by Crippen LogP contribution is -2.08. The molecule has 0 rings (SSSR count). The van der Waals surface area contributed by atoms with Crippen molar-refractivity contribution < 1.29 is 9.47 Å². The Hall–Kier alpha value is -0.120. The van der Waals surface area contributed by atoms with Crippen LogP contribution in [0.4, 0.5) is 0 Å². The molecule has 0 aliphatic heterocycles. The van der Waals surface area contributed by atoms with Crippen molar-refractivity contribution in [2.24, 2.45) is 0 Å². The lowest BCUT2D eigenvalue weighted by atomic mass is 10.2. The Morgan fingerprint density at radius 2 is 1.57 bits per heavy atom. The zero-order valence-electron chi connectivity index (χ0n) is 9.68. The van der Waals surface area contributed by atoms with Crippen LogP contribution >= 0.6 is 0 Å². The molecule has 0 fully saturated rings. The molecule has 0 radical (unpaired) electrons. The molecule has 0 amide bonds. The van der Waals surface area contributed by atoms with Gasteiger partial charge in [-0.1, -0.05) is 6.92 Å². The molecule has 0 saturated heterocycles. The van der Waals surface area contributed by atoms with Crippen LogP contribution in [0.25, 0.3) is 0 Å². The van der Waals surface area contributed by atoms with Crippen molar-refractivity contribution in [2.75, 3.05) is 40.0 Å². The Labute approximate surface area is 88.2 Å². The molecular weight excluding hydrogens is 178 g/mol. The standard InChI is InChI=1S/C11H25NO2/c1-3-8-13-10-11-14-9-6-4-5-7-12-2/h12H,3-11H2,1-2H3. The third-order valence-electron chi connectivity index (χ3n) is 1.94. The summed E-state index contributed by atoms with van der Waals surface area (Å²) in [5.41, 5.74) is 0. The van der Waals surface area contributed by atoms with Crippen LogP contribution in [0.3, 0.4) is 0 Å². The maximum Gasteiger partial charge on any atom is 0.0700 e. The third-order valence-corrected chi connectivity index (χ3v) is 1.94. The van der Waals surface area contributed by atoms with Gasteiger partial charge in [-0.2, -0.15) is 0 Å². The fraction of sp³-hybridized carbons (Fsp3) is 1.00. The van der Waals surface area contributed by atoms with Crippen molar-refractivity contribution in [1.29, 1.82) is 0 Å². The second kappa shape index (κ2) is 12.9. The second-order valence-corrected chi connectivity index (χ2v) is 3.39. The molecule has 0 bridgehead atoms. The molecule has 0 aliphatic carbocycles. The fourth-order valence-corrected chi connectivity index (χ4v) is 1.15. The second-order valence-electron chi connectivity index (χ2n) is 3.39. The van der Waals surface area contributed by atoms with Crippen molar-refractivity contribution in [3.05, 3.63) is 0 Å². The quantitative estimate of drug-likeness (QED) is 0.520. The van der Waals surface area contributed by atoms with Crippen LogP contribution in [0.1, 0.15) is 32.6 Å². The van der Waals surface area contributed by atoms with Crippen LogP contribution in [0, 0.1) is 0 Å². The van der Waals surface area contributed by atoms with E-state index in [1.165, 1.54) is 12.8 Å². The highest BCUT2D eigenvalue weighted by atomic mass is 16.5. The predicted octanol–water partition coefficient (Wildman–Crippen LogP) is 1.82. The topological polar surface area (TPSA) is 30.5 Å². The summed E-state index contributed by atoms with van der Waals surface area (Å²) >= 11 is 0. The van der Waals surface area contributed by atoms with E-state index < -0.39 is 0 Å². The summed E-state index contributed by atoms with van der Waals surface area (Å²) in [7, 11) is 1.99. The summed E-state index contributed by atoms with van der Waals surface area (Å²) in [5.74, 6) is 0. The van der Waals surface area contributed by atoms with Gasteiger partial charge in [0.05, 0.1) is 13.2 Å². The number of nitrogens with one attached hydrogen (secondary N) is 1. The van der Waals surface area contributed by atoms with Gasteiger partial charge in [0, 0.05) is 13.2 Å². The van der Waals surface area contributed by atoms with E-state index in [1.54, 1.807) is 0 Å². The Balaban J connectivity index is 2.78. The molecule has 0 heterocycles. The number of hydrogen-bond donors (Lipinski definition) is 1. The summed E-state index contributed by atoms with van der Waals surface area (Å²) < 4.78 is 10.7. The van der Waals surface area contributed by atoms with Crippen LogP contribution < -0.4 is 5.32 Å². The van der Waals surface area contributed by atoms with Gasteiger partial charge in [-0.25, -0.2) is 0 Å². The van der Waals surface area contributed by atoms with E-state index in [2.05, 4.69) is 12.2 Å². The lowest BCUT2D eigenvalue weighted by Gasteiger charge is -2.04. The largest absolute Gasteiger partial charge is 0.379 e. The van der Waals surface area contributed by atoms with Crippen molar-refractivity contribution in [1.82, 2.24) is 5.32 Å². The molecule has 3 heteroatoms. The molecule has 86 valence electrons. The molecule has 0 saturated carbocycles. The lowest BCUT2D eigenvalue weighted by molar-refractivity contribution is 0.0466. The van der Waals surface area contributed by atoms with Gasteiger partial charge >= 0.3 is 0 Å². The van der Waals surface area contributed by atoms with Crippen molar-refractivity contribution in [3.8, 4) is 0 Å². The first-order valence-electron chi connectivity index (χ1n) is 5.72. The highest BCUT2D eigenvalue weighted by molar-refractivity contribution is 4.43. The Morgan fingerprint density at radius 1 is 0.857 bits per heavy atom. The van der Waals surface area contributed by atoms with Gasteiger partial charge in [-0.15, -0.1) is 0 Å². The van der Waals surface area contributed by atoms with E-state index in [0.29, 0.717) is 0 Å². The van der Waals surface area contributed by atoms with E-state index in [4.69, 9.17) is 9.47 Å². The van der Waals surface area contributed by atoms with Gasteiger partial charge in [-0.05, 0) is 39.3 Å². The van der Waals surface area contributed by atoms with Crippen molar-refractivity contribution >= 4 is 0 Å². The molecule has 0 aromatic carbocycles. The highest BCUT2D eigenvalue weighted by Gasteiger charge is 1.90. The minimum Gasteiger partial charge on any atom is -0.379 e. The van der Waals surface area contributed by atoms with Crippen LogP contribution in [0.5, 0.6) is 0 Å². The third kappa shape index (κ3) is 11.9. The number of rotatable bonds is 11. The first-order chi connectivity index (χ1) is 6.91. The normalized spacial score (nSPS) is 10.7. The average Bonchev–Trinajstić information content (AvgIpc) is 2.21. The van der Waals surface area contributed by atoms with E-state index in [1.807, 2.05) is 7.05 Å². The van der Waals surface area contributed by atoms with Crippen LogP contribution in [-0.2, 0) is 9.47 Å². The average molecular weight is 203 g/mol. The monoisotopic (exact) mass is 203 g/mol. The summed E-state index contributed by atoms with van der Waals surface area (Å²) in [4.78, 5) is 0. The van der Waals surface area contributed by atoms with Crippen LogP contribution in [0.15, 0.2) is 0 Å². The van der Waals surface area contributed by atoms with E-state index in [9.17, 15) is 0 Å². The maximum absolute atomic E-state index is 5.42. The zero-order chi connectivity index (χ0) is 10.5. The first-order valence-corrected chi connectivity index (χ1v) is 5.72. The molecular formula is C11H25NO2. The molecule has 0 aliphatic rings. The summed E-state index contributed by atoms with van der Waals surface area (Å²) in [6.45, 7) is 6.43. The van der Waals surface area contributed by atoms with E-state index in [0.717, 1.165) is 45.8 Å². The minimum atomic E-state index is 0.740. The highest BCUT2D eigenvalue weighted by Crippen LogP contribution is 1.94. The number of unbranched alkanes of at least 4 members (excludes halogenated alkanes) is 2. The minimum absolute atomic E-state index is 0.740. The molecule has 0 atom stereocenters. The van der Waals surface area contributed by atoms with E-state index >= 15 is 0 Å². The Bertz CT molecular complexity index is 87.3. The Morgan fingerprint density at radius 3 is 2.21 bits per heavy atom. The zero-order valence-corrected chi connectivity index (χ0v) is 9.68. The van der Waals surface area contributed by atoms with Crippen LogP contribution in [0.2, 0.25) is 0 Å². The van der Waals surface area contributed by atoms with Gasteiger partial charge in [-0.3, -0.25) is 0 Å². The van der Waals surface area contributed by atoms with Gasteiger partial charge in [0.2, 0.25) is 0 Å². The molecule has 0 aromatic rings. The van der Waals surface area contributed by atoms with Crippen molar-refractivity contribution in [2.45, 2.75) is 32.6 Å². The Kier molecular flexibility index (Phi) is 12.8. The number of ether oxygens (including phenoxy) is 2. The van der Waals surface area contributed by atoms with Gasteiger partial charge in [0.25, 0.3) is 0 Å². The predicted molar refractivity (Wildman–Crippen MR) is 59.7 cm³/mol. The van der Waals surface area contributed by atoms with Crippen LogP contribution in [-0.4, -0.2) is 40.0 Å². The fourth-order valence-electron chi connectivity index (χ4n) is 1.15. The molecule has 0 spiro atoms.